The molecule has 16 heavy (non-hydrogen) atoms. The summed E-state index contributed by atoms with van der Waals surface area (Å²) in [5.74, 6) is -1.10. The highest BCUT2D eigenvalue weighted by atomic mass is 32.2. The van der Waals surface area contributed by atoms with E-state index in [1.54, 1.807) is 6.07 Å². The van der Waals surface area contributed by atoms with Crippen molar-refractivity contribution in [3.8, 4) is 11.8 Å². The van der Waals surface area contributed by atoms with Crippen LogP contribution in [0, 0.1) is 17.1 Å². The van der Waals surface area contributed by atoms with Gasteiger partial charge in [-0.1, -0.05) is 6.07 Å². The summed E-state index contributed by atoms with van der Waals surface area (Å²) < 4.78 is 39.2. The fourth-order valence-corrected chi connectivity index (χ4v) is 1.32. The van der Waals surface area contributed by atoms with Crippen LogP contribution in [-0.2, 0) is 10.0 Å². The molecule has 86 valence electrons. The minimum absolute atomic E-state index is 0.00569. The summed E-state index contributed by atoms with van der Waals surface area (Å²) in [4.78, 5) is 0. The van der Waals surface area contributed by atoms with Gasteiger partial charge < -0.3 is 4.74 Å². The van der Waals surface area contributed by atoms with Crippen molar-refractivity contribution >= 4 is 10.0 Å². The van der Waals surface area contributed by atoms with Gasteiger partial charge >= 0.3 is 0 Å². The highest BCUT2D eigenvalue weighted by molar-refractivity contribution is 7.89. The van der Waals surface area contributed by atoms with Gasteiger partial charge in [-0.05, 0) is 12.1 Å². The van der Waals surface area contributed by atoms with Gasteiger partial charge in [0.15, 0.2) is 0 Å². The Morgan fingerprint density at radius 2 is 2.19 bits per heavy atom. The Hall–Kier alpha value is -1.65. The molecule has 7 heteroatoms. The van der Waals surface area contributed by atoms with Gasteiger partial charge in [0.25, 0.3) is 0 Å². The number of nitrogens with two attached hydrogens (primary N) is 1. The molecule has 0 radical (unpaired) electrons. The van der Waals surface area contributed by atoms with Crippen LogP contribution in [0.25, 0.3) is 0 Å². The number of nitriles is 1. The number of primary sulfonamides is 1. The van der Waals surface area contributed by atoms with Crippen LogP contribution in [0.2, 0.25) is 0 Å². The van der Waals surface area contributed by atoms with E-state index in [1.165, 1.54) is 12.1 Å². The van der Waals surface area contributed by atoms with E-state index < -0.39 is 21.6 Å². The minimum atomic E-state index is -3.63. The third-order valence-corrected chi connectivity index (χ3v) is 2.45. The van der Waals surface area contributed by atoms with Gasteiger partial charge in [0.2, 0.25) is 10.0 Å². The lowest BCUT2D eigenvalue weighted by Crippen LogP contribution is -2.21. The first kappa shape index (κ1) is 12.4. The van der Waals surface area contributed by atoms with Crippen LogP contribution < -0.4 is 9.88 Å². The second-order valence-electron chi connectivity index (χ2n) is 2.94. The van der Waals surface area contributed by atoms with Crippen molar-refractivity contribution in [2.45, 2.75) is 0 Å². The lowest BCUT2D eigenvalue weighted by Gasteiger charge is -2.06. The molecule has 0 aromatic heterocycles. The van der Waals surface area contributed by atoms with Crippen molar-refractivity contribution in [3.05, 3.63) is 29.6 Å². The van der Waals surface area contributed by atoms with Crippen molar-refractivity contribution in [1.82, 2.24) is 0 Å². The summed E-state index contributed by atoms with van der Waals surface area (Å²) in [5.41, 5.74) is -0.253. The van der Waals surface area contributed by atoms with Crippen LogP contribution in [0.1, 0.15) is 5.56 Å². The molecular formula is C9H9FN2O3S. The third kappa shape index (κ3) is 3.49. The number of hydrogen-bond acceptors (Lipinski definition) is 4. The summed E-state index contributed by atoms with van der Waals surface area (Å²) in [7, 11) is -3.63. The average molecular weight is 244 g/mol. The van der Waals surface area contributed by atoms with E-state index in [4.69, 9.17) is 15.1 Å². The molecule has 1 aromatic rings. The fourth-order valence-electron chi connectivity index (χ4n) is 1.00. The first-order valence-electron chi connectivity index (χ1n) is 4.26. The first-order chi connectivity index (χ1) is 7.44. The molecule has 0 saturated heterocycles. The molecule has 0 aliphatic carbocycles. The van der Waals surface area contributed by atoms with Crippen LogP contribution in [0.3, 0.4) is 0 Å². The van der Waals surface area contributed by atoms with Crippen LogP contribution in [0.15, 0.2) is 18.2 Å². The van der Waals surface area contributed by atoms with Gasteiger partial charge in [0, 0.05) is 0 Å². The summed E-state index contributed by atoms with van der Waals surface area (Å²) in [6, 6.07) is 5.49. The lowest BCUT2D eigenvalue weighted by atomic mass is 10.2. The molecule has 5 nitrogen and oxygen atoms in total. The Morgan fingerprint density at radius 1 is 1.50 bits per heavy atom. The summed E-state index contributed by atoms with van der Waals surface area (Å²) in [6.45, 7) is -0.225. The van der Waals surface area contributed by atoms with E-state index in [-0.39, 0.29) is 17.9 Å². The molecule has 0 aliphatic rings. The molecule has 0 fully saturated rings. The molecule has 0 amide bonds. The predicted molar refractivity (Wildman–Crippen MR) is 54.6 cm³/mol. The highest BCUT2D eigenvalue weighted by Gasteiger charge is 2.10. The number of sulfonamides is 1. The van der Waals surface area contributed by atoms with Gasteiger partial charge in [-0.3, -0.25) is 0 Å². The van der Waals surface area contributed by atoms with E-state index in [9.17, 15) is 12.8 Å². The predicted octanol–water partition coefficient (Wildman–Crippen LogP) is 0.365. The topological polar surface area (TPSA) is 93.2 Å². The number of nitrogens with zero attached hydrogens (tertiary/aromatic N) is 1. The Bertz CT molecular complexity index is 522. The molecule has 0 unspecified atom stereocenters. The maximum Gasteiger partial charge on any atom is 0.212 e. The molecule has 0 aliphatic heterocycles. The fraction of sp³-hybridized carbons (Fsp3) is 0.222. The molecular weight excluding hydrogens is 235 g/mol. The van der Waals surface area contributed by atoms with Gasteiger partial charge in [-0.2, -0.15) is 5.26 Å². The van der Waals surface area contributed by atoms with Crippen molar-refractivity contribution in [2.75, 3.05) is 12.4 Å². The van der Waals surface area contributed by atoms with E-state index in [2.05, 4.69) is 0 Å². The van der Waals surface area contributed by atoms with Crippen molar-refractivity contribution in [1.29, 1.82) is 5.26 Å². The van der Waals surface area contributed by atoms with E-state index in [0.29, 0.717) is 0 Å². The number of halogens is 1. The molecule has 1 rings (SSSR count). The van der Waals surface area contributed by atoms with Crippen molar-refractivity contribution < 1.29 is 17.5 Å². The summed E-state index contributed by atoms with van der Waals surface area (Å²) >= 11 is 0. The van der Waals surface area contributed by atoms with Crippen LogP contribution >= 0.6 is 0 Å². The molecule has 0 spiro atoms. The zero-order valence-electron chi connectivity index (χ0n) is 8.18. The molecule has 0 saturated carbocycles. The third-order valence-electron chi connectivity index (χ3n) is 1.71. The Balaban J connectivity index is 2.76. The molecule has 0 heterocycles. The van der Waals surface area contributed by atoms with E-state index >= 15 is 0 Å². The zero-order valence-corrected chi connectivity index (χ0v) is 9.00. The largest absolute Gasteiger partial charge is 0.491 e. The standard InChI is InChI=1S/C9H9FN2O3S/c10-8-2-1-3-9(7(8)6-11)15-4-5-16(12,13)14/h1-3H,4-5H2,(H2,12,13,14). The van der Waals surface area contributed by atoms with Crippen molar-refractivity contribution in [3.63, 3.8) is 0 Å². The normalized spacial score (nSPS) is 10.8. The van der Waals surface area contributed by atoms with Gasteiger partial charge in [-0.15, -0.1) is 0 Å². The van der Waals surface area contributed by atoms with Gasteiger partial charge in [-0.25, -0.2) is 17.9 Å². The summed E-state index contributed by atoms with van der Waals surface area (Å²) in [6.07, 6.45) is 0. The minimum Gasteiger partial charge on any atom is -0.491 e. The van der Waals surface area contributed by atoms with E-state index in [0.717, 1.165) is 6.07 Å². The monoisotopic (exact) mass is 244 g/mol. The van der Waals surface area contributed by atoms with Crippen LogP contribution in [-0.4, -0.2) is 20.8 Å². The van der Waals surface area contributed by atoms with Crippen LogP contribution in [0.5, 0.6) is 5.75 Å². The first-order valence-corrected chi connectivity index (χ1v) is 5.97. The molecule has 1 aromatic carbocycles. The maximum atomic E-state index is 13.1. The number of ether oxygens (including phenoxy) is 1. The Morgan fingerprint density at radius 3 is 2.75 bits per heavy atom. The highest BCUT2D eigenvalue weighted by Crippen LogP contribution is 2.20. The lowest BCUT2D eigenvalue weighted by molar-refractivity contribution is 0.337. The number of hydrogen-bond donors (Lipinski definition) is 1. The SMILES string of the molecule is N#Cc1c(F)cccc1OCCS(N)(=O)=O. The van der Waals surface area contributed by atoms with Crippen molar-refractivity contribution in [2.24, 2.45) is 5.14 Å². The summed E-state index contributed by atoms with van der Waals surface area (Å²) in [5, 5.41) is 13.4. The Labute approximate surface area is 92.3 Å². The quantitative estimate of drug-likeness (QED) is 0.827. The number of benzene rings is 1. The van der Waals surface area contributed by atoms with Gasteiger partial charge in [0.05, 0.1) is 5.75 Å². The van der Waals surface area contributed by atoms with Gasteiger partial charge in [0.1, 0.15) is 29.8 Å². The second-order valence-corrected chi connectivity index (χ2v) is 4.67. The molecule has 0 bridgehead atoms. The number of rotatable bonds is 4. The smallest absolute Gasteiger partial charge is 0.212 e. The average Bonchev–Trinajstić information content (AvgIpc) is 2.16. The Kier molecular flexibility index (Phi) is 3.82. The van der Waals surface area contributed by atoms with E-state index in [1.807, 2.05) is 0 Å². The maximum absolute atomic E-state index is 13.1. The zero-order chi connectivity index (χ0) is 12.2. The second kappa shape index (κ2) is 4.92. The van der Waals surface area contributed by atoms with Crippen LogP contribution in [0.4, 0.5) is 4.39 Å². The molecule has 2 N–H and O–H groups in total. The molecule has 0 atom stereocenters.